The summed E-state index contributed by atoms with van der Waals surface area (Å²) in [6.45, 7) is 3.06. The molecule has 2 aromatic rings. The molecule has 0 unspecified atom stereocenters. The summed E-state index contributed by atoms with van der Waals surface area (Å²) in [7, 11) is 0. The smallest absolute Gasteiger partial charge is 0.188 e. The third-order valence-electron chi connectivity index (χ3n) is 2.97. The van der Waals surface area contributed by atoms with E-state index in [1.807, 2.05) is 0 Å². The van der Waals surface area contributed by atoms with E-state index in [1.165, 1.54) is 28.9 Å². The molecule has 1 aromatic heterocycles. The molecule has 0 aliphatic heterocycles. The molecule has 2 N–H and O–H groups in total. The van der Waals surface area contributed by atoms with Gasteiger partial charge in [-0.05, 0) is 31.4 Å². The van der Waals surface area contributed by atoms with Crippen molar-refractivity contribution < 1.29 is 0 Å². The van der Waals surface area contributed by atoms with Crippen LogP contribution in [0.4, 0.5) is 0 Å². The Morgan fingerprint density at radius 2 is 2.33 bits per heavy atom. The van der Waals surface area contributed by atoms with Gasteiger partial charge in [0.2, 0.25) is 0 Å². The highest BCUT2D eigenvalue weighted by molar-refractivity contribution is 7.99. The molecule has 1 saturated carbocycles. The molecule has 1 fully saturated rings. The van der Waals surface area contributed by atoms with Gasteiger partial charge in [0.05, 0.1) is 0 Å². The number of hydrogen-bond donors (Lipinski definition) is 2. The van der Waals surface area contributed by atoms with E-state index < -0.39 is 0 Å². The number of benzene rings is 1. The van der Waals surface area contributed by atoms with E-state index in [9.17, 15) is 0 Å². The number of rotatable bonds is 5. The molecule has 0 saturated heterocycles. The highest BCUT2D eigenvalue weighted by Gasteiger charge is 2.20. The Labute approximate surface area is 111 Å². The molecule has 94 valence electrons. The average molecular weight is 260 g/mol. The van der Waals surface area contributed by atoms with Crippen molar-refractivity contribution >= 4 is 11.8 Å². The molecule has 0 radical (unpaired) electrons. The van der Waals surface area contributed by atoms with E-state index in [4.69, 9.17) is 0 Å². The lowest BCUT2D eigenvalue weighted by molar-refractivity contribution is 0.680. The van der Waals surface area contributed by atoms with E-state index in [2.05, 4.69) is 45.6 Å². The van der Waals surface area contributed by atoms with Gasteiger partial charge in [-0.15, -0.1) is 0 Å². The first-order chi connectivity index (χ1) is 8.81. The van der Waals surface area contributed by atoms with Crippen molar-refractivity contribution in [2.75, 3.05) is 0 Å². The predicted octanol–water partition coefficient (Wildman–Crippen LogP) is 2.52. The van der Waals surface area contributed by atoms with Crippen LogP contribution < -0.4 is 5.32 Å². The number of aromatic nitrogens is 3. The SMILES string of the molecule is Cc1ccc(Sc2ncn[nH]2)c(CNC2CC2)c1. The van der Waals surface area contributed by atoms with E-state index >= 15 is 0 Å². The maximum atomic E-state index is 4.16. The molecular formula is C13H16N4S. The molecule has 5 heteroatoms. The van der Waals surface area contributed by atoms with E-state index in [0.29, 0.717) is 0 Å². The van der Waals surface area contributed by atoms with E-state index in [0.717, 1.165) is 17.7 Å². The quantitative estimate of drug-likeness (QED) is 0.867. The number of aromatic amines is 1. The topological polar surface area (TPSA) is 53.6 Å². The number of aryl methyl sites for hydroxylation is 1. The van der Waals surface area contributed by atoms with Crippen molar-refractivity contribution in [1.82, 2.24) is 20.5 Å². The van der Waals surface area contributed by atoms with Crippen molar-refractivity contribution in [2.24, 2.45) is 0 Å². The van der Waals surface area contributed by atoms with E-state index in [-0.39, 0.29) is 0 Å². The summed E-state index contributed by atoms with van der Waals surface area (Å²) in [4.78, 5) is 5.40. The Morgan fingerprint density at radius 1 is 1.44 bits per heavy atom. The minimum Gasteiger partial charge on any atom is -0.310 e. The van der Waals surface area contributed by atoms with Crippen molar-refractivity contribution in [2.45, 2.75) is 42.4 Å². The first-order valence-electron chi connectivity index (χ1n) is 6.17. The zero-order valence-corrected chi connectivity index (χ0v) is 11.1. The zero-order valence-electron chi connectivity index (χ0n) is 10.3. The maximum Gasteiger partial charge on any atom is 0.188 e. The largest absolute Gasteiger partial charge is 0.310 e. The Balaban J connectivity index is 1.77. The third-order valence-corrected chi connectivity index (χ3v) is 3.98. The monoisotopic (exact) mass is 260 g/mol. The van der Waals surface area contributed by atoms with Gasteiger partial charge in [0, 0.05) is 17.5 Å². The normalized spacial score (nSPS) is 14.9. The van der Waals surface area contributed by atoms with Gasteiger partial charge < -0.3 is 5.32 Å². The molecule has 1 heterocycles. The predicted molar refractivity (Wildman–Crippen MR) is 71.5 cm³/mol. The highest BCUT2D eigenvalue weighted by Crippen LogP contribution is 2.29. The lowest BCUT2D eigenvalue weighted by atomic mass is 10.1. The summed E-state index contributed by atoms with van der Waals surface area (Å²) in [6, 6.07) is 7.27. The first kappa shape index (κ1) is 11.7. The summed E-state index contributed by atoms with van der Waals surface area (Å²) < 4.78 is 0. The Hall–Kier alpha value is -1.33. The van der Waals surface area contributed by atoms with Gasteiger partial charge in [-0.25, -0.2) is 4.98 Å². The lowest BCUT2D eigenvalue weighted by Gasteiger charge is -2.09. The molecule has 0 bridgehead atoms. The van der Waals surface area contributed by atoms with Gasteiger partial charge in [-0.3, -0.25) is 5.10 Å². The first-order valence-corrected chi connectivity index (χ1v) is 6.99. The van der Waals surface area contributed by atoms with Gasteiger partial charge in [0.1, 0.15) is 6.33 Å². The molecule has 1 aromatic carbocycles. The number of nitrogens with one attached hydrogen (secondary N) is 2. The molecule has 4 nitrogen and oxygen atoms in total. The summed E-state index contributed by atoms with van der Waals surface area (Å²) in [5, 5.41) is 11.2. The standard InChI is InChI=1S/C13H16N4S/c1-9-2-5-12(18-13-15-8-16-17-13)10(6-9)7-14-11-3-4-11/h2,5-6,8,11,14H,3-4,7H2,1H3,(H,15,16,17). The summed E-state index contributed by atoms with van der Waals surface area (Å²) in [5.74, 6) is 0. The minimum atomic E-state index is 0.730. The number of hydrogen-bond acceptors (Lipinski definition) is 4. The molecule has 0 spiro atoms. The van der Waals surface area contributed by atoms with Crippen LogP contribution in [0.3, 0.4) is 0 Å². The number of nitrogens with zero attached hydrogens (tertiary/aromatic N) is 2. The fraction of sp³-hybridized carbons (Fsp3) is 0.385. The molecular weight excluding hydrogens is 244 g/mol. The van der Waals surface area contributed by atoms with Crippen LogP contribution in [0.2, 0.25) is 0 Å². The Kier molecular flexibility index (Phi) is 3.34. The molecule has 18 heavy (non-hydrogen) atoms. The van der Waals surface area contributed by atoms with Crippen LogP contribution >= 0.6 is 11.8 Å². The third kappa shape index (κ3) is 2.91. The Morgan fingerprint density at radius 3 is 3.06 bits per heavy atom. The molecule has 1 aliphatic carbocycles. The second-order valence-electron chi connectivity index (χ2n) is 4.66. The lowest BCUT2D eigenvalue weighted by Crippen LogP contribution is -2.15. The van der Waals surface area contributed by atoms with Crippen molar-refractivity contribution in [3.63, 3.8) is 0 Å². The van der Waals surface area contributed by atoms with Crippen molar-refractivity contribution in [3.05, 3.63) is 35.7 Å². The van der Waals surface area contributed by atoms with Crippen LogP contribution in [-0.4, -0.2) is 21.2 Å². The molecule has 0 atom stereocenters. The van der Waals surface area contributed by atoms with Crippen LogP contribution in [-0.2, 0) is 6.54 Å². The fourth-order valence-electron chi connectivity index (χ4n) is 1.84. The molecule has 1 aliphatic rings. The van der Waals surface area contributed by atoms with Crippen molar-refractivity contribution in [1.29, 1.82) is 0 Å². The highest BCUT2D eigenvalue weighted by atomic mass is 32.2. The van der Waals surface area contributed by atoms with Crippen LogP contribution in [0.1, 0.15) is 24.0 Å². The second kappa shape index (κ2) is 5.12. The van der Waals surface area contributed by atoms with Crippen LogP contribution in [0.5, 0.6) is 0 Å². The van der Waals surface area contributed by atoms with Crippen LogP contribution in [0.15, 0.2) is 34.6 Å². The summed E-state index contributed by atoms with van der Waals surface area (Å²) >= 11 is 1.63. The van der Waals surface area contributed by atoms with Gasteiger partial charge in [-0.1, -0.05) is 29.5 Å². The van der Waals surface area contributed by atoms with Gasteiger partial charge in [0.25, 0.3) is 0 Å². The van der Waals surface area contributed by atoms with Crippen LogP contribution in [0.25, 0.3) is 0 Å². The number of H-pyrrole nitrogens is 1. The second-order valence-corrected chi connectivity index (χ2v) is 5.69. The zero-order chi connectivity index (χ0) is 12.4. The van der Waals surface area contributed by atoms with Gasteiger partial charge in [0.15, 0.2) is 5.16 Å². The Bertz CT molecular complexity index is 520. The fourth-order valence-corrected chi connectivity index (χ4v) is 2.64. The van der Waals surface area contributed by atoms with Crippen LogP contribution in [0, 0.1) is 6.92 Å². The maximum absolute atomic E-state index is 4.16. The summed E-state index contributed by atoms with van der Waals surface area (Å²) in [6.07, 6.45) is 4.17. The average Bonchev–Trinajstić information content (AvgIpc) is 3.06. The molecule has 3 rings (SSSR count). The molecule has 0 amide bonds. The van der Waals surface area contributed by atoms with Gasteiger partial charge in [-0.2, -0.15) is 5.10 Å². The van der Waals surface area contributed by atoms with Crippen molar-refractivity contribution in [3.8, 4) is 0 Å². The minimum absolute atomic E-state index is 0.730. The van der Waals surface area contributed by atoms with Gasteiger partial charge >= 0.3 is 0 Å². The van der Waals surface area contributed by atoms with E-state index in [1.54, 1.807) is 18.1 Å². The summed E-state index contributed by atoms with van der Waals surface area (Å²) in [5.41, 5.74) is 2.63.